The summed E-state index contributed by atoms with van der Waals surface area (Å²) in [5.74, 6) is -0.0889. The van der Waals surface area contributed by atoms with Crippen LogP contribution < -0.4 is 4.31 Å². The number of hydrogen-bond donors (Lipinski definition) is 0. The Labute approximate surface area is 207 Å². The van der Waals surface area contributed by atoms with Crippen LogP contribution in [-0.2, 0) is 23.1 Å². The molecule has 0 N–H and O–H groups in total. The van der Waals surface area contributed by atoms with Crippen molar-refractivity contribution in [3.8, 4) is 0 Å². The van der Waals surface area contributed by atoms with Crippen LogP contribution in [0.4, 0.5) is 5.69 Å². The molecular weight excluding hydrogens is 456 g/mol. The van der Waals surface area contributed by atoms with Gasteiger partial charge < -0.3 is 4.90 Å². The zero-order valence-corrected chi connectivity index (χ0v) is 20.7. The molecule has 4 rings (SSSR count). The lowest BCUT2D eigenvalue weighted by Crippen LogP contribution is -2.30. The monoisotopic (exact) mass is 484 g/mol. The molecule has 6 heteroatoms. The summed E-state index contributed by atoms with van der Waals surface area (Å²) in [4.78, 5) is 14.8. The van der Waals surface area contributed by atoms with Gasteiger partial charge >= 0.3 is 0 Å². The van der Waals surface area contributed by atoms with Crippen LogP contribution in [0.3, 0.4) is 0 Å². The van der Waals surface area contributed by atoms with E-state index in [1.165, 1.54) is 9.87 Å². The maximum atomic E-state index is 13.5. The molecule has 0 saturated heterocycles. The Hall–Kier alpha value is -3.90. The summed E-state index contributed by atoms with van der Waals surface area (Å²) < 4.78 is 28.3. The van der Waals surface area contributed by atoms with Crippen molar-refractivity contribution >= 4 is 21.6 Å². The quantitative estimate of drug-likeness (QED) is 0.324. The standard InChI is InChI=1S/C29H28N2O3S/c1-23-13-15-24(16-14-23)21-30(2)29(32)26-19-17-25(18-20-26)22-31(27-9-5-3-6-10-27)35(33,34)28-11-7-4-8-12-28/h3-20H,21-22H2,1-2H3. The Balaban J connectivity index is 1.54. The minimum atomic E-state index is -3.77. The van der Waals surface area contributed by atoms with Crippen LogP contribution in [0.25, 0.3) is 0 Å². The lowest BCUT2D eigenvalue weighted by atomic mass is 10.1. The van der Waals surface area contributed by atoms with Gasteiger partial charge in [0.05, 0.1) is 17.1 Å². The molecule has 178 valence electrons. The van der Waals surface area contributed by atoms with Crippen molar-refractivity contribution in [1.82, 2.24) is 4.90 Å². The second-order valence-electron chi connectivity index (χ2n) is 8.50. The highest BCUT2D eigenvalue weighted by molar-refractivity contribution is 7.92. The molecule has 0 spiro atoms. The highest BCUT2D eigenvalue weighted by atomic mass is 32.2. The van der Waals surface area contributed by atoms with E-state index in [0.717, 1.165) is 11.1 Å². The highest BCUT2D eigenvalue weighted by Gasteiger charge is 2.25. The molecule has 4 aromatic rings. The van der Waals surface area contributed by atoms with Crippen molar-refractivity contribution in [2.75, 3.05) is 11.4 Å². The average Bonchev–Trinajstić information content (AvgIpc) is 2.89. The molecule has 0 aliphatic carbocycles. The lowest BCUT2D eigenvalue weighted by molar-refractivity contribution is 0.0785. The minimum Gasteiger partial charge on any atom is -0.337 e. The van der Waals surface area contributed by atoms with Gasteiger partial charge in [-0.05, 0) is 54.4 Å². The van der Waals surface area contributed by atoms with Gasteiger partial charge in [0.25, 0.3) is 15.9 Å². The first-order valence-corrected chi connectivity index (χ1v) is 12.8. The van der Waals surface area contributed by atoms with Crippen LogP contribution in [-0.4, -0.2) is 26.3 Å². The summed E-state index contributed by atoms with van der Waals surface area (Å²) in [5.41, 5.74) is 4.16. The SMILES string of the molecule is Cc1ccc(CN(C)C(=O)c2ccc(CN(c3ccccc3)S(=O)(=O)c3ccccc3)cc2)cc1. The number of amides is 1. The van der Waals surface area contributed by atoms with Crippen molar-refractivity contribution in [2.24, 2.45) is 0 Å². The number of anilines is 1. The van der Waals surface area contributed by atoms with E-state index < -0.39 is 10.0 Å². The fourth-order valence-electron chi connectivity index (χ4n) is 3.81. The molecule has 0 atom stereocenters. The summed E-state index contributed by atoms with van der Waals surface area (Å²) >= 11 is 0. The zero-order chi connectivity index (χ0) is 24.8. The van der Waals surface area contributed by atoms with E-state index >= 15 is 0 Å². The first-order valence-electron chi connectivity index (χ1n) is 11.4. The number of benzene rings is 4. The number of sulfonamides is 1. The highest BCUT2D eigenvalue weighted by Crippen LogP contribution is 2.26. The number of nitrogens with zero attached hydrogens (tertiary/aromatic N) is 2. The normalized spacial score (nSPS) is 11.1. The number of carbonyl (C=O) groups excluding carboxylic acids is 1. The van der Waals surface area contributed by atoms with E-state index in [9.17, 15) is 13.2 Å². The van der Waals surface area contributed by atoms with Crippen molar-refractivity contribution in [1.29, 1.82) is 0 Å². The molecule has 0 unspecified atom stereocenters. The second-order valence-corrected chi connectivity index (χ2v) is 10.4. The third-order valence-corrected chi connectivity index (χ3v) is 7.58. The number of para-hydroxylation sites is 1. The van der Waals surface area contributed by atoms with Crippen LogP contribution in [0.2, 0.25) is 0 Å². The van der Waals surface area contributed by atoms with Crippen LogP contribution >= 0.6 is 0 Å². The topological polar surface area (TPSA) is 57.7 Å². The zero-order valence-electron chi connectivity index (χ0n) is 19.8. The summed E-state index contributed by atoms with van der Waals surface area (Å²) in [6.45, 7) is 2.69. The molecule has 0 aliphatic rings. The molecule has 35 heavy (non-hydrogen) atoms. The third kappa shape index (κ3) is 5.78. The summed E-state index contributed by atoms with van der Waals surface area (Å²) in [6.07, 6.45) is 0. The molecule has 4 aromatic carbocycles. The first-order chi connectivity index (χ1) is 16.8. The van der Waals surface area contributed by atoms with Gasteiger partial charge in [0, 0.05) is 19.2 Å². The number of hydrogen-bond acceptors (Lipinski definition) is 3. The van der Waals surface area contributed by atoms with Gasteiger partial charge in [-0.25, -0.2) is 8.42 Å². The van der Waals surface area contributed by atoms with Gasteiger partial charge in [-0.2, -0.15) is 0 Å². The van der Waals surface area contributed by atoms with Crippen LogP contribution in [0.1, 0.15) is 27.0 Å². The summed E-state index contributed by atoms with van der Waals surface area (Å²) in [7, 11) is -1.99. The predicted molar refractivity (Wildman–Crippen MR) is 140 cm³/mol. The molecule has 0 heterocycles. The second kappa shape index (κ2) is 10.6. The third-order valence-electron chi connectivity index (χ3n) is 5.79. The summed E-state index contributed by atoms with van der Waals surface area (Å²) in [6, 6.07) is 32.7. The van der Waals surface area contributed by atoms with Gasteiger partial charge in [-0.15, -0.1) is 0 Å². The van der Waals surface area contributed by atoms with Crippen LogP contribution in [0, 0.1) is 6.92 Å². The fraction of sp³-hybridized carbons (Fsp3) is 0.138. The van der Waals surface area contributed by atoms with E-state index in [1.807, 2.05) is 61.5 Å². The molecule has 0 fully saturated rings. The molecule has 0 aromatic heterocycles. The van der Waals surface area contributed by atoms with Gasteiger partial charge in [-0.1, -0.05) is 78.4 Å². The predicted octanol–water partition coefficient (Wildman–Crippen LogP) is 5.66. The van der Waals surface area contributed by atoms with Gasteiger partial charge in [0.1, 0.15) is 0 Å². The smallest absolute Gasteiger partial charge is 0.264 e. The Morgan fingerprint density at radius 1 is 0.686 bits per heavy atom. The fourth-order valence-corrected chi connectivity index (χ4v) is 5.28. The number of carbonyl (C=O) groups is 1. The maximum Gasteiger partial charge on any atom is 0.264 e. The molecule has 0 radical (unpaired) electrons. The Bertz CT molecular complexity index is 1370. The molecular formula is C29H28N2O3S. The lowest BCUT2D eigenvalue weighted by Gasteiger charge is -2.25. The largest absolute Gasteiger partial charge is 0.337 e. The van der Waals surface area contributed by atoms with Gasteiger partial charge in [-0.3, -0.25) is 9.10 Å². The molecule has 0 bridgehead atoms. The number of rotatable bonds is 8. The Morgan fingerprint density at radius 3 is 1.80 bits per heavy atom. The van der Waals surface area contributed by atoms with E-state index in [0.29, 0.717) is 17.8 Å². The van der Waals surface area contributed by atoms with E-state index in [-0.39, 0.29) is 17.3 Å². The Kier molecular flexibility index (Phi) is 7.32. The van der Waals surface area contributed by atoms with Crippen molar-refractivity contribution in [2.45, 2.75) is 24.9 Å². The summed E-state index contributed by atoms with van der Waals surface area (Å²) in [5, 5.41) is 0. The average molecular weight is 485 g/mol. The first kappa shape index (κ1) is 24.2. The van der Waals surface area contributed by atoms with Crippen LogP contribution in [0.5, 0.6) is 0 Å². The van der Waals surface area contributed by atoms with Crippen molar-refractivity contribution < 1.29 is 13.2 Å². The van der Waals surface area contributed by atoms with Crippen molar-refractivity contribution in [3.63, 3.8) is 0 Å². The van der Waals surface area contributed by atoms with E-state index in [2.05, 4.69) is 0 Å². The van der Waals surface area contributed by atoms with Crippen molar-refractivity contribution in [3.05, 3.63) is 131 Å². The molecule has 1 amide bonds. The maximum absolute atomic E-state index is 13.5. The number of aryl methyl sites for hydroxylation is 1. The van der Waals surface area contributed by atoms with Gasteiger partial charge in [0.2, 0.25) is 0 Å². The molecule has 5 nitrogen and oxygen atoms in total. The van der Waals surface area contributed by atoms with E-state index in [4.69, 9.17) is 0 Å². The Morgan fingerprint density at radius 2 is 1.20 bits per heavy atom. The van der Waals surface area contributed by atoms with E-state index in [1.54, 1.807) is 66.5 Å². The molecule has 0 saturated carbocycles. The van der Waals surface area contributed by atoms with Gasteiger partial charge in [0.15, 0.2) is 0 Å². The minimum absolute atomic E-state index is 0.0889. The van der Waals surface area contributed by atoms with Crippen LogP contribution in [0.15, 0.2) is 114 Å². The molecule has 0 aliphatic heterocycles.